The average Bonchev–Trinajstić information content (AvgIpc) is 3.61. The normalized spacial score (nSPS) is 18.7. The number of benzene rings is 1. The van der Waals surface area contributed by atoms with Gasteiger partial charge in [0.25, 0.3) is 0 Å². The van der Waals surface area contributed by atoms with Crippen LogP contribution in [0, 0.1) is 5.92 Å². The van der Waals surface area contributed by atoms with Crippen molar-refractivity contribution in [3.8, 4) is 0 Å². The first kappa shape index (κ1) is 26.0. The van der Waals surface area contributed by atoms with Gasteiger partial charge in [-0.25, -0.2) is 4.79 Å². The Morgan fingerprint density at radius 1 is 1.21 bits per heavy atom. The molecule has 0 bridgehead atoms. The molecule has 0 spiro atoms. The van der Waals surface area contributed by atoms with Crippen molar-refractivity contribution in [2.75, 3.05) is 36.5 Å². The molecule has 1 aliphatic carbocycles. The van der Waals surface area contributed by atoms with E-state index in [2.05, 4.69) is 24.0 Å². The molecular formula is C26H40N4O4. The van der Waals surface area contributed by atoms with Gasteiger partial charge in [0, 0.05) is 32.0 Å². The molecule has 0 saturated heterocycles. The van der Waals surface area contributed by atoms with Gasteiger partial charge in [-0.3, -0.25) is 14.5 Å². The molecule has 34 heavy (non-hydrogen) atoms. The summed E-state index contributed by atoms with van der Waals surface area (Å²) >= 11 is 0. The Morgan fingerprint density at radius 2 is 1.91 bits per heavy atom. The lowest BCUT2D eigenvalue weighted by Crippen LogP contribution is -2.52. The fourth-order valence-corrected chi connectivity index (χ4v) is 4.68. The molecule has 3 rings (SSSR count). The number of primary amides is 1. The van der Waals surface area contributed by atoms with Gasteiger partial charge in [-0.1, -0.05) is 19.4 Å². The number of anilines is 2. The van der Waals surface area contributed by atoms with Crippen molar-refractivity contribution >= 4 is 29.3 Å². The summed E-state index contributed by atoms with van der Waals surface area (Å²) in [6.07, 6.45) is 3.56. The van der Waals surface area contributed by atoms with Crippen LogP contribution in [0.5, 0.6) is 0 Å². The van der Waals surface area contributed by atoms with E-state index in [1.165, 1.54) is 0 Å². The van der Waals surface area contributed by atoms with E-state index in [-0.39, 0.29) is 41.9 Å². The number of rotatable bonds is 10. The number of carbonyl (C=O) groups is 3. The van der Waals surface area contributed by atoms with Gasteiger partial charge in [0.15, 0.2) is 0 Å². The smallest absolute Gasteiger partial charge is 0.414 e. The van der Waals surface area contributed by atoms with Crippen LogP contribution in [0.3, 0.4) is 0 Å². The van der Waals surface area contributed by atoms with Gasteiger partial charge in [0.2, 0.25) is 11.8 Å². The summed E-state index contributed by atoms with van der Waals surface area (Å²) in [6.45, 7) is 9.60. The van der Waals surface area contributed by atoms with Crippen LogP contribution in [0.2, 0.25) is 0 Å². The van der Waals surface area contributed by atoms with Crippen molar-refractivity contribution in [1.82, 2.24) is 4.90 Å². The van der Waals surface area contributed by atoms with Crippen LogP contribution in [0.4, 0.5) is 16.2 Å². The lowest BCUT2D eigenvalue weighted by atomic mass is 9.92. The van der Waals surface area contributed by atoms with E-state index in [0.29, 0.717) is 19.5 Å². The average molecular weight is 473 g/mol. The maximum atomic E-state index is 13.1. The van der Waals surface area contributed by atoms with E-state index in [1.54, 1.807) is 4.90 Å². The zero-order valence-electron chi connectivity index (χ0n) is 21.3. The molecule has 2 N–H and O–H groups in total. The molecule has 2 atom stereocenters. The van der Waals surface area contributed by atoms with Crippen LogP contribution in [-0.2, 0) is 14.3 Å². The Hall–Kier alpha value is -2.61. The summed E-state index contributed by atoms with van der Waals surface area (Å²) in [7, 11) is 1.99. The first-order valence-corrected chi connectivity index (χ1v) is 12.5. The second-order valence-corrected chi connectivity index (χ2v) is 10.1. The fourth-order valence-electron chi connectivity index (χ4n) is 4.68. The largest absolute Gasteiger partial charge is 0.446 e. The summed E-state index contributed by atoms with van der Waals surface area (Å²) in [4.78, 5) is 43.0. The molecule has 0 aromatic heterocycles. The van der Waals surface area contributed by atoms with Crippen molar-refractivity contribution in [3.63, 3.8) is 0 Å². The van der Waals surface area contributed by atoms with Gasteiger partial charge in [0.05, 0.1) is 23.5 Å². The first-order chi connectivity index (χ1) is 16.1. The third-order valence-electron chi connectivity index (χ3n) is 6.54. The molecule has 8 heteroatoms. The highest BCUT2D eigenvalue weighted by Gasteiger charge is 2.41. The van der Waals surface area contributed by atoms with E-state index < -0.39 is 0 Å². The van der Waals surface area contributed by atoms with E-state index >= 15 is 0 Å². The van der Waals surface area contributed by atoms with Crippen molar-refractivity contribution in [2.45, 2.75) is 77.9 Å². The second-order valence-electron chi connectivity index (χ2n) is 10.1. The molecular weight excluding hydrogens is 432 g/mol. The molecule has 0 radical (unpaired) electrons. The highest BCUT2D eigenvalue weighted by Crippen LogP contribution is 2.42. The van der Waals surface area contributed by atoms with Crippen molar-refractivity contribution in [1.29, 1.82) is 0 Å². The van der Waals surface area contributed by atoms with Crippen molar-refractivity contribution in [2.24, 2.45) is 11.7 Å². The zero-order chi connectivity index (χ0) is 25.0. The Labute approximate surface area is 203 Å². The number of carbonyl (C=O) groups excluding carboxylic acids is 3. The first-order valence-electron chi connectivity index (χ1n) is 12.5. The third-order valence-corrected chi connectivity index (χ3v) is 6.54. The van der Waals surface area contributed by atoms with E-state index in [9.17, 15) is 14.4 Å². The standard InChI is InChI=1S/C26H40N4O4/c1-6-7-21(16-28(5)13-12-24(27)31)20-10-11-22-23(14-20)29(26(33)34-17(2)3)15-18(4)30(22)25(32)19-8-9-19/h10-11,14,17-19,21H,6-9,12-13,15-16H2,1-5H3,(H2,27,31). The molecule has 1 aliphatic heterocycles. The molecule has 188 valence electrons. The number of amides is 3. The predicted octanol–water partition coefficient (Wildman–Crippen LogP) is 3.87. The Kier molecular flexibility index (Phi) is 8.57. The molecule has 1 saturated carbocycles. The summed E-state index contributed by atoms with van der Waals surface area (Å²) in [5.74, 6) is 0.162. The number of nitrogens with two attached hydrogens (primary N) is 1. The SMILES string of the molecule is CCCC(CN(C)CCC(N)=O)c1ccc2c(c1)N(C(=O)OC(C)C)CC(C)N2C(=O)C1CC1. The minimum absolute atomic E-state index is 0.0934. The zero-order valence-corrected chi connectivity index (χ0v) is 21.3. The maximum absolute atomic E-state index is 13.1. The summed E-state index contributed by atoms with van der Waals surface area (Å²) in [6, 6.07) is 6.00. The topological polar surface area (TPSA) is 96.2 Å². The van der Waals surface area contributed by atoms with Gasteiger partial charge in [-0.15, -0.1) is 0 Å². The molecule has 1 fully saturated rings. The molecule has 1 heterocycles. The summed E-state index contributed by atoms with van der Waals surface area (Å²) in [5, 5.41) is 0. The van der Waals surface area contributed by atoms with Crippen LogP contribution in [0.1, 0.15) is 71.3 Å². The lowest BCUT2D eigenvalue weighted by Gasteiger charge is -2.41. The van der Waals surface area contributed by atoms with Gasteiger partial charge in [0.1, 0.15) is 0 Å². The van der Waals surface area contributed by atoms with Gasteiger partial charge in [-0.2, -0.15) is 0 Å². The van der Waals surface area contributed by atoms with E-state index in [0.717, 1.165) is 49.2 Å². The lowest BCUT2D eigenvalue weighted by molar-refractivity contribution is -0.120. The fraction of sp³-hybridized carbons (Fsp3) is 0.654. The van der Waals surface area contributed by atoms with Crippen LogP contribution in [0.25, 0.3) is 0 Å². The van der Waals surface area contributed by atoms with Crippen LogP contribution in [-0.4, -0.2) is 61.6 Å². The monoisotopic (exact) mass is 472 g/mol. The van der Waals surface area contributed by atoms with Gasteiger partial charge < -0.3 is 20.3 Å². The Morgan fingerprint density at radius 3 is 2.50 bits per heavy atom. The summed E-state index contributed by atoms with van der Waals surface area (Å²) in [5.41, 5.74) is 7.94. The number of hydrogen-bond acceptors (Lipinski definition) is 5. The molecule has 8 nitrogen and oxygen atoms in total. The van der Waals surface area contributed by atoms with E-state index in [1.807, 2.05) is 38.8 Å². The Balaban J connectivity index is 1.95. The van der Waals surface area contributed by atoms with Gasteiger partial charge in [-0.05, 0) is 70.7 Å². The molecule has 2 unspecified atom stereocenters. The third kappa shape index (κ3) is 6.29. The number of fused-ring (bicyclic) bond motifs is 1. The molecule has 2 aliphatic rings. The molecule has 1 aromatic rings. The van der Waals surface area contributed by atoms with Crippen molar-refractivity contribution in [3.05, 3.63) is 23.8 Å². The molecule has 3 amide bonds. The highest BCUT2D eigenvalue weighted by atomic mass is 16.6. The van der Waals surface area contributed by atoms with Crippen LogP contribution in [0.15, 0.2) is 18.2 Å². The van der Waals surface area contributed by atoms with E-state index in [4.69, 9.17) is 10.5 Å². The maximum Gasteiger partial charge on any atom is 0.414 e. The number of hydrogen-bond donors (Lipinski definition) is 1. The number of ether oxygens (including phenoxy) is 1. The predicted molar refractivity (Wildman–Crippen MR) is 134 cm³/mol. The summed E-state index contributed by atoms with van der Waals surface area (Å²) < 4.78 is 5.55. The number of likely N-dealkylation sites (N-methyl/N-ethyl adjacent to an activating group) is 1. The van der Waals surface area contributed by atoms with Crippen molar-refractivity contribution < 1.29 is 19.1 Å². The quantitative estimate of drug-likeness (QED) is 0.558. The molecule has 1 aromatic carbocycles. The Bertz CT molecular complexity index is 899. The van der Waals surface area contributed by atoms with Gasteiger partial charge >= 0.3 is 6.09 Å². The number of nitrogens with zero attached hydrogens (tertiary/aromatic N) is 3. The minimum Gasteiger partial charge on any atom is -0.446 e. The minimum atomic E-state index is -0.385. The van der Waals surface area contributed by atoms with Crippen LogP contribution >= 0.6 is 0 Å². The highest BCUT2D eigenvalue weighted by molar-refractivity contribution is 6.04. The second kappa shape index (κ2) is 11.2. The van der Waals surface area contributed by atoms with Crippen LogP contribution < -0.4 is 15.5 Å².